The van der Waals surface area contributed by atoms with Crippen molar-refractivity contribution in [3.63, 3.8) is 0 Å². The van der Waals surface area contributed by atoms with E-state index in [9.17, 15) is 18.0 Å². The number of nitrogens with one attached hydrogen (secondary N) is 2. The highest BCUT2D eigenvalue weighted by Gasteiger charge is 2.40. The summed E-state index contributed by atoms with van der Waals surface area (Å²) in [4.78, 5) is 26.4. The molecule has 1 heterocycles. The van der Waals surface area contributed by atoms with E-state index in [0.29, 0.717) is 0 Å². The van der Waals surface area contributed by atoms with Crippen LogP contribution in [0, 0.1) is 0 Å². The first-order chi connectivity index (χ1) is 9.90. The number of hydrogen-bond donors (Lipinski definition) is 2. The fourth-order valence-corrected chi connectivity index (χ4v) is 4.53. The van der Waals surface area contributed by atoms with Crippen molar-refractivity contribution in [3.8, 4) is 0 Å². The van der Waals surface area contributed by atoms with Crippen LogP contribution in [-0.2, 0) is 14.8 Å². The molecule has 0 saturated heterocycles. The minimum Gasteiger partial charge on any atom is -0.275 e. The van der Waals surface area contributed by atoms with E-state index in [1.54, 1.807) is 0 Å². The Kier molecular flexibility index (Phi) is 5.10. The van der Waals surface area contributed by atoms with Gasteiger partial charge in [0, 0.05) is 11.8 Å². The Morgan fingerprint density at radius 3 is 2.24 bits per heavy atom. The number of sulfonamides is 1. The minimum atomic E-state index is -3.88. The molecule has 0 aromatic rings. The molecule has 0 radical (unpaired) electrons. The number of carbonyl (C=O) groups is 2. The number of urea groups is 1. The van der Waals surface area contributed by atoms with Crippen molar-refractivity contribution in [1.82, 2.24) is 10.0 Å². The molecule has 1 fully saturated rings. The van der Waals surface area contributed by atoms with E-state index >= 15 is 0 Å². The number of aliphatic imine (C=N–C) groups is 1. The molecular formula is C13H21N3O4S. The highest BCUT2D eigenvalue weighted by atomic mass is 32.2. The molecule has 0 aromatic heterocycles. The van der Waals surface area contributed by atoms with Gasteiger partial charge in [-0.1, -0.05) is 32.1 Å². The SMILES string of the molecule is CC1=NC(=O)NC(=O)C1S(=O)(=O)NC1CCCCCCC1. The normalized spacial score (nSPS) is 25.8. The minimum absolute atomic E-state index is 0.0158. The lowest BCUT2D eigenvalue weighted by Gasteiger charge is -2.25. The Bertz CT molecular complexity index is 548. The number of rotatable bonds is 3. The predicted octanol–water partition coefficient (Wildman–Crippen LogP) is 1.10. The van der Waals surface area contributed by atoms with Gasteiger partial charge >= 0.3 is 6.03 Å². The molecule has 1 aliphatic carbocycles. The van der Waals surface area contributed by atoms with E-state index in [0.717, 1.165) is 38.5 Å². The summed E-state index contributed by atoms with van der Waals surface area (Å²) < 4.78 is 27.5. The molecule has 118 valence electrons. The number of amides is 3. The molecule has 2 aliphatic rings. The number of imide groups is 1. The molecule has 7 nitrogen and oxygen atoms in total. The fraction of sp³-hybridized carbons (Fsp3) is 0.769. The number of hydrogen-bond acceptors (Lipinski definition) is 4. The fourth-order valence-electron chi connectivity index (χ4n) is 2.85. The van der Waals surface area contributed by atoms with Gasteiger partial charge in [-0.3, -0.25) is 10.1 Å². The first-order valence-corrected chi connectivity index (χ1v) is 8.86. The van der Waals surface area contributed by atoms with Crippen LogP contribution in [0.1, 0.15) is 51.9 Å². The van der Waals surface area contributed by atoms with Gasteiger partial charge in [-0.25, -0.2) is 22.9 Å². The van der Waals surface area contributed by atoms with Crippen LogP contribution in [0.15, 0.2) is 4.99 Å². The van der Waals surface area contributed by atoms with Crippen LogP contribution in [0.25, 0.3) is 0 Å². The Morgan fingerprint density at radius 2 is 1.67 bits per heavy atom. The topological polar surface area (TPSA) is 105 Å². The van der Waals surface area contributed by atoms with Crippen LogP contribution >= 0.6 is 0 Å². The standard InChI is InChI=1S/C13H21N3O4S/c1-9-11(12(17)15-13(18)14-9)21(19,20)16-10-7-5-3-2-4-6-8-10/h10-11,16H,2-8H2,1H3,(H,15,17,18). The Morgan fingerprint density at radius 1 is 1.10 bits per heavy atom. The molecule has 0 spiro atoms. The first-order valence-electron chi connectivity index (χ1n) is 7.31. The maximum Gasteiger partial charge on any atom is 0.347 e. The predicted molar refractivity (Wildman–Crippen MR) is 78.6 cm³/mol. The smallest absolute Gasteiger partial charge is 0.275 e. The van der Waals surface area contributed by atoms with Crippen molar-refractivity contribution in [3.05, 3.63) is 0 Å². The van der Waals surface area contributed by atoms with Crippen LogP contribution in [-0.4, -0.2) is 37.4 Å². The van der Waals surface area contributed by atoms with E-state index in [1.165, 1.54) is 13.3 Å². The highest BCUT2D eigenvalue weighted by Crippen LogP contribution is 2.19. The van der Waals surface area contributed by atoms with Crippen molar-refractivity contribution in [1.29, 1.82) is 0 Å². The molecule has 2 N–H and O–H groups in total. The second-order valence-electron chi connectivity index (χ2n) is 5.63. The molecule has 1 atom stereocenters. The summed E-state index contributed by atoms with van der Waals surface area (Å²) in [5, 5.41) is 0.525. The van der Waals surface area contributed by atoms with E-state index in [-0.39, 0.29) is 11.8 Å². The number of nitrogens with zero attached hydrogens (tertiary/aromatic N) is 1. The van der Waals surface area contributed by atoms with Gasteiger partial charge in [0.05, 0.1) is 0 Å². The molecule has 2 rings (SSSR count). The van der Waals surface area contributed by atoms with Crippen LogP contribution in [0.2, 0.25) is 0 Å². The molecule has 8 heteroatoms. The Labute approximate surface area is 124 Å². The summed E-state index contributed by atoms with van der Waals surface area (Å²) in [6, 6.07) is -0.955. The van der Waals surface area contributed by atoms with Crippen molar-refractivity contribution in [2.75, 3.05) is 0 Å². The molecule has 1 unspecified atom stereocenters. The van der Waals surface area contributed by atoms with Crippen molar-refractivity contribution in [2.24, 2.45) is 4.99 Å². The molecule has 0 aromatic carbocycles. The van der Waals surface area contributed by atoms with Gasteiger partial charge in [-0.2, -0.15) is 0 Å². The van der Waals surface area contributed by atoms with Crippen LogP contribution in [0.4, 0.5) is 4.79 Å². The van der Waals surface area contributed by atoms with E-state index in [4.69, 9.17) is 0 Å². The third kappa shape index (κ3) is 4.10. The third-order valence-electron chi connectivity index (χ3n) is 3.87. The van der Waals surface area contributed by atoms with Crippen molar-refractivity contribution < 1.29 is 18.0 Å². The zero-order valence-electron chi connectivity index (χ0n) is 12.1. The van der Waals surface area contributed by atoms with Crippen LogP contribution < -0.4 is 10.0 Å². The Balaban J connectivity index is 2.11. The second-order valence-corrected chi connectivity index (χ2v) is 7.43. The average molecular weight is 315 g/mol. The monoisotopic (exact) mass is 315 g/mol. The molecule has 1 saturated carbocycles. The van der Waals surface area contributed by atoms with Crippen molar-refractivity contribution >= 4 is 27.7 Å². The molecule has 1 aliphatic heterocycles. The summed E-state index contributed by atoms with van der Waals surface area (Å²) >= 11 is 0. The van der Waals surface area contributed by atoms with Gasteiger partial charge in [-0.05, 0) is 19.8 Å². The zero-order chi connectivity index (χ0) is 15.5. The lowest BCUT2D eigenvalue weighted by molar-refractivity contribution is -0.118. The molecule has 0 bridgehead atoms. The Hall–Kier alpha value is -1.28. The maximum atomic E-state index is 12.4. The van der Waals surface area contributed by atoms with E-state index in [1.807, 2.05) is 5.32 Å². The zero-order valence-corrected chi connectivity index (χ0v) is 12.9. The molecule has 3 amide bonds. The quantitative estimate of drug-likeness (QED) is 0.813. The van der Waals surface area contributed by atoms with Gasteiger partial charge < -0.3 is 0 Å². The van der Waals surface area contributed by atoms with Gasteiger partial charge in [0.2, 0.25) is 10.0 Å². The summed E-state index contributed by atoms with van der Waals surface area (Å²) in [6.45, 7) is 1.39. The lowest BCUT2D eigenvalue weighted by atomic mass is 9.97. The lowest BCUT2D eigenvalue weighted by Crippen LogP contribution is -2.54. The van der Waals surface area contributed by atoms with Gasteiger partial charge in [0.25, 0.3) is 5.91 Å². The van der Waals surface area contributed by atoms with Crippen LogP contribution in [0.5, 0.6) is 0 Å². The number of carbonyl (C=O) groups excluding carboxylic acids is 2. The summed E-state index contributed by atoms with van der Waals surface area (Å²) in [7, 11) is -3.88. The molecule has 21 heavy (non-hydrogen) atoms. The highest BCUT2D eigenvalue weighted by molar-refractivity contribution is 7.91. The van der Waals surface area contributed by atoms with Crippen molar-refractivity contribution in [2.45, 2.75) is 63.2 Å². The van der Waals surface area contributed by atoms with E-state index in [2.05, 4.69) is 9.71 Å². The van der Waals surface area contributed by atoms with Gasteiger partial charge in [0.15, 0.2) is 5.25 Å². The second kappa shape index (κ2) is 6.65. The van der Waals surface area contributed by atoms with Gasteiger partial charge in [-0.15, -0.1) is 0 Å². The summed E-state index contributed by atoms with van der Waals surface area (Å²) in [6.07, 6.45) is 6.93. The maximum absolute atomic E-state index is 12.4. The van der Waals surface area contributed by atoms with Crippen LogP contribution in [0.3, 0.4) is 0 Å². The largest absolute Gasteiger partial charge is 0.347 e. The molecular weight excluding hydrogens is 294 g/mol. The third-order valence-corrected chi connectivity index (χ3v) is 5.71. The van der Waals surface area contributed by atoms with Gasteiger partial charge in [0.1, 0.15) is 0 Å². The summed E-state index contributed by atoms with van der Waals surface area (Å²) in [5.74, 6) is -0.828. The summed E-state index contributed by atoms with van der Waals surface area (Å²) in [5.41, 5.74) is 0.0158. The first kappa shape index (κ1) is 16.1. The van der Waals surface area contributed by atoms with E-state index < -0.39 is 27.2 Å². The average Bonchev–Trinajstić information content (AvgIpc) is 2.30.